The highest BCUT2D eigenvalue weighted by Gasteiger charge is 2.32. The summed E-state index contributed by atoms with van der Waals surface area (Å²) in [6, 6.07) is 3.57. The molecule has 0 aromatic carbocycles. The monoisotopic (exact) mass is 407 g/mol. The lowest BCUT2D eigenvalue weighted by atomic mass is 10.3. The normalized spacial score (nSPS) is 22.3. The van der Waals surface area contributed by atoms with Crippen LogP contribution < -0.4 is 0 Å². The fourth-order valence-corrected chi connectivity index (χ4v) is 2.87. The van der Waals surface area contributed by atoms with E-state index in [0.29, 0.717) is 15.4 Å². The van der Waals surface area contributed by atoms with E-state index in [4.69, 9.17) is 21.1 Å². The molecular formula is C11H8Br2ClN3O2. The predicted molar refractivity (Wildman–Crippen MR) is 76.1 cm³/mol. The van der Waals surface area contributed by atoms with E-state index in [-0.39, 0.29) is 6.29 Å². The fraction of sp³-hybridized carbons (Fsp3) is 0.273. The molecule has 0 N–H and O–H groups in total. The smallest absolute Gasteiger partial charge is 0.206 e. The van der Waals surface area contributed by atoms with Gasteiger partial charge in [0.2, 0.25) is 6.29 Å². The summed E-state index contributed by atoms with van der Waals surface area (Å²) in [7, 11) is 0. The quantitative estimate of drug-likeness (QED) is 0.756. The molecule has 1 aliphatic rings. The molecule has 0 aliphatic carbocycles. The van der Waals surface area contributed by atoms with Crippen molar-refractivity contribution in [2.45, 2.75) is 19.5 Å². The third-order valence-corrected chi connectivity index (χ3v) is 3.67. The molecule has 3 rings (SSSR count). The van der Waals surface area contributed by atoms with E-state index in [1.54, 1.807) is 16.9 Å². The first-order valence-electron chi connectivity index (χ1n) is 5.42. The first-order valence-corrected chi connectivity index (χ1v) is 7.39. The summed E-state index contributed by atoms with van der Waals surface area (Å²) < 4.78 is 14.0. The first-order chi connectivity index (χ1) is 9.04. The fourth-order valence-electron chi connectivity index (χ4n) is 1.76. The van der Waals surface area contributed by atoms with E-state index < -0.39 is 6.29 Å². The van der Waals surface area contributed by atoms with Crippen LogP contribution in [0.15, 0.2) is 27.4 Å². The summed E-state index contributed by atoms with van der Waals surface area (Å²) in [5.41, 5.74) is 0.738. The maximum Gasteiger partial charge on any atom is 0.206 e. The first kappa shape index (κ1) is 13.5. The second-order valence-electron chi connectivity index (χ2n) is 3.93. The van der Waals surface area contributed by atoms with Crippen LogP contribution in [-0.4, -0.2) is 21.1 Å². The van der Waals surface area contributed by atoms with Crippen LogP contribution in [-0.2, 0) is 9.47 Å². The Morgan fingerprint density at radius 2 is 2.05 bits per heavy atom. The van der Waals surface area contributed by atoms with Crippen LogP contribution in [0, 0.1) is 0 Å². The minimum atomic E-state index is -0.449. The van der Waals surface area contributed by atoms with Crippen molar-refractivity contribution in [2.75, 3.05) is 0 Å². The van der Waals surface area contributed by atoms with Gasteiger partial charge in [0.05, 0.1) is 5.02 Å². The minimum absolute atomic E-state index is 0.208. The van der Waals surface area contributed by atoms with Gasteiger partial charge in [-0.15, -0.1) is 0 Å². The summed E-state index contributed by atoms with van der Waals surface area (Å²) in [4.78, 5) is 4.27. The lowest BCUT2D eigenvalue weighted by Crippen LogP contribution is -2.33. The van der Waals surface area contributed by atoms with Gasteiger partial charge in [-0.25, -0.2) is 9.67 Å². The molecule has 0 radical (unpaired) electrons. The average molecular weight is 409 g/mol. The Labute approximate surface area is 131 Å². The van der Waals surface area contributed by atoms with E-state index in [1.807, 2.05) is 13.0 Å². The standard InChI is InChI=1S/C11H8Br2ClN3O2/c1-5-18-11(19-5)8-3-9(13)16-17(8)10-7(14)2-6(12)4-15-10/h2-5,11H,1H3. The second-order valence-corrected chi connectivity index (χ2v) is 6.07. The van der Waals surface area contributed by atoms with Crippen molar-refractivity contribution in [1.82, 2.24) is 14.8 Å². The summed E-state index contributed by atoms with van der Waals surface area (Å²) in [6.45, 7) is 1.83. The summed E-state index contributed by atoms with van der Waals surface area (Å²) in [6.07, 6.45) is 1.00. The van der Waals surface area contributed by atoms with Gasteiger partial charge in [-0.3, -0.25) is 0 Å². The van der Waals surface area contributed by atoms with Crippen molar-refractivity contribution >= 4 is 43.5 Å². The molecule has 0 bridgehead atoms. The molecule has 1 fully saturated rings. The number of ether oxygens (including phenoxy) is 2. The molecule has 0 atom stereocenters. The second kappa shape index (κ2) is 5.14. The van der Waals surface area contributed by atoms with Gasteiger partial charge < -0.3 is 9.47 Å². The molecule has 19 heavy (non-hydrogen) atoms. The van der Waals surface area contributed by atoms with E-state index in [1.165, 1.54) is 0 Å². The molecular weight excluding hydrogens is 401 g/mol. The Bertz CT molecular complexity index is 628. The zero-order chi connectivity index (χ0) is 13.6. The van der Waals surface area contributed by atoms with Gasteiger partial charge in [0.25, 0.3) is 0 Å². The number of pyridine rings is 1. The predicted octanol–water partition coefficient (Wildman–Crippen LogP) is 3.84. The van der Waals surface area contributed by atoms with E-state index >= 15 is 0 Å². The molecule has 0 unspecified atom stereocenters. The third-order valence-electron chi connectivity index (χ3n) is 2.57. The molecule has 100 valence electrons. The lowest BCUT2D eigenvalue weighted by molar-refractivity contribution is -0.384. The maximum atomic E-state index is 6.19. The number of hydrogen-bond acceptors (Lipinski definition) is 4. The van der Waals surface area contributed by atoms with Gasteiger partial charge in [-0.2, -0.15) is 5.10 Å². The van der Waals surface area contributed by atoms with Crippen molar-refractivity contribution in [3.63, 3.8) is 0 Å². The van der Waals surface area contributed by atoms with E-state index in [0.717, 1.165) is 10.2 Å². The zero-order valence-electron chi connectivity index (χ0n) is 9.68. The van der Waals surface area contributed by atoms with Gasteiger partial charge in [-0.05, 0) is 50.9 Å². The number of aromatic nitrogens is 3. The number of hydrogen-bond donors (Lipinski definition) is 0. The SMILES string of the molecule is CC1OC(c2cc(Br)nn2-c2ncc(Br)cc2Cl)O1. The van der Waals surface area contributed by atoms with E-state index in [9.17, 15) is 0 Å². The van der Waals surface area contributed by atoms with Gasteiger partial charge in [0.15, 0.2) is 12.1 Å². The topological polar surface area (TPSA) is 49.2 Å². The third kappa shape index (κ3) is 2.57. The molecule has 2 aromatic rings. The van der Waals surface area contributed by atoms with Crippen LogP contribution in [0.25, 0.3) is 5.82 Å². The van der Waals surface area contributed by atoms with Crippen molar-refractivity contribution in [3.8, 4) is 5.82 Å². The maximum absolute atomic E-state index is 6.19. The number of halogens is 3. The average Bonchev–Trinajstić information content (AvgIpc) is 2.66. The van der Waals surface area contributed by atoms with Crippen molar-refractivity contribution in [1.29, 1.82) is 0 Å². The van der Waals surface area contributed by atoms with Crippen LogP contribution in [0.1, 0.15) is 18.9 Å². The molecule has 0 spiro atoms. The molecule has 8 heteroatoms. The number of nitrogens with zero attached hydrogens (tertiary/aromatic N) is 3. The molecule has 2 aromatic heterocycles. The highest BCUT2D eigenvalue weighted by molar-refractivity contribution is 9.10. The Hall–Kier alpha value is -0.470. The Kier molecular flexibility index (Phi) is 3.65. The lowest BCUT2D eigenvalue weighted by Gasteiger charge is -2.33. The van der Waals surface area contributed by atoms with Crippen molar-refractivity contribution < 1.29 is 9.47 Å². The molecule has 5 nitrogen and oxygen atoms in total. The van der Waals surface area contributed by atoms with Gasteiger partial charge in [-0.1, -0.05) is 11.6 Å². The Balaban J connectivity index is 2.04. The van der Waals surface area contributed by atoms with Crippen molar-refractivity contribution in [3.05, 3.63) is 38.1 Å². The highest BCUT2D eigenvalue weighted by Crippen LogP contribution is 2.35. The Morgan fingerprint density at radius 1 is 1.32 bits per heavy atom. The van der Waals surface area contributed by atoms with Gasteiger partial charge in [0.1, 0.15) is 10.3 Å². The zero-order valence-corrected chi connectivity index (χ0v) is 13.6. The Morgan fingerprint density at radius 3 is 2.68 bits per heavy atom. The van der Waals surface area contributed by atoms with Crippen LogP contribution in [0.4, 0.5) is 0 Å². The minimum Gasteiger partial charge on any atom is -0.318 e. The summed E-state index contributed by atoms with van der Waals surface area (Å²) in [5.74, 6) is 0.525. The van der Waals surface area contributed by atoms with Crippen LogP contribution in [0.2, 0.25) is 5.02 Å². The highest BCUT2D eigenvalue weighted by atomic mass is 79.9. The molecule has 3 heterocycles. The summed E-state index contributed by atoms with van der Waals surface area (Å²) >= 11 is 12.8. The van der Waals surface area contributed by atoms with Gasteiger partial charge >= 0.3 is 0 Å². The van der Waals surface area contributed by atoms with E-state index in [2.05, 4.69) is 41.9 Å². The largest absolute Gasteiger partial charge is 0.318 e. The van der Waals surface area contributed by atoms with Crippen LogP contribution in [0.3, 0.4) is 0 Å². The van der Waals surface area contributed by atoms with Gasteiger partial charge in [0, 0.05) is 10.7 Å². The van der Waals surface area contributed by atoms with Crippen molar-refractivity contribution in [2.24, 2.45) is 0 Å². The molecule has 1 saturated heterocycles. The molecule has 0 amide bonds. The van der Waals surface area contributed by atoms with Crippen LogP contribution in [0.5, 0.6) is 0 Å². The molecule has 1 aliphatic heterocycles. The number of rotatable bonds is 2. The molecule has 0 saturated carbocycles. The summed E-state index contributed by atoms with van der Waals surface area (Å²) in [5, 5.41) is 4.80. The van der Waals surface area contributed by atoms with Crippen LogP contribution >= 0.6 is 43.5 Å².